The molecule has 0 bridgehead atoms. The Labute approximate surface area is 253 Å². The molecule has 0 aliphatic rings. The average molecular weight is 642 g/mol. The minimum absolute atomic E-state index is 0.0428. The molecule has 0 atom stereocenters. The van der Waals surface area contributed by atoms with Crippen LogP contribution in [-0.2, 0) is 19.5 Å². The molecule has 4 aromatic carbocycles. The topological polar surface area (TPSA) is 201 Å². The second-order valence-corrected chi connectivity index (χ2v) is 11.2. The highest BCUT2D eigenvalue weighted by Crippen LogP contribution is 2.47. The van der Waals surface area contributed by atoms with E-state index >= 15 is 0 Å². The summed E-state index contributed by atoms with van der Waals surface area (Å²) in [6, 6.07) is 19.7. The predicted octanol–water partition coefficient (Wildman–Crippen LogP) is 7.27. The second-order valence-electron chi connectivity index (χ2n) is 8.70. The highest BCUT2D eigenvalue weighted by atomic mass is 35.5. The monoisotopic (exact) mass is 641 g/mol. The van der Waals surface area contributed by atoms with E-state index in [2.05, 4.69) is 45.2 Å². The molecule has 5 N–H and O–H groups in total. The number of nitrogens with zero attached hydrogens (tertiary/aromatic N) is 5. The first-order valence-electron chi connectivity index (χ1n) is 12.1. The molecule has 5 aromatic rings. The lowest BCUT2D eigenvalue weighted by atomic mass is 10.1. The first-order valence-corrected chi connectivity index (χ1v) is 14.6. The number of phenolic OH excluding ortho intramolecular Hbond substituents is 1. The van der Waals surface area contributed by atoms with E-state index in [9.17, 15) is 18.1 Å². The Balaban J connectivity index is 1.67. The lowest BCUT2D eigenvalue weighted by Crippen LogP contribution is -2.05. The quantitative estimate of drug-likeness (QED) is 0.0335. The molecule has 0 radical (unpaired) electrons. The van der Waals surface area contributed by atoms with Gasteiger partial charge in [0.05, 0.1) is 33.2 Å². The van der Waals surface area contributed by atoms with Gasteiger partial charge in [-0.25, -0.2) is 5.26 Å². The summed E-state index contributed by atoms with van der Waals surface area (Å²) < 4.78 is 38.8. The van der Waals surface area contributed by atoms with Crippen LogP contribution in [-0.4, -0.2) is 38.3 Å². The number of halogens is 1. The number of azo groups is 1. The number of para-hydroxylation sites is 1. The standard InChI is InChI=1S/C26H20ClN7O7S2/c1-14-7-5-6-10-18(14)33-34-22-20(42-41-40-36)12-15-11-17(43(37,38)39)13-19(21(15)23(22)35)29-26-31-24(27)30-25(32-26)28-16-8-3-2-4-9-16/h2-13,35-36H,1H3,(H,37,38,39)(H2,28,29,30,31,32). The van der Waals surface area contributed by atoms with Gasteiger partial charge in [0.1, 0.15) is 5.69 Å². The number of nitrogens with one attached hydrogen (secondary N) is 2. The summed E-state index contributed by atoms with van der Waals surface area (Å²) in [5, 5.41) is 38.1. The molecular weight excluding hydrogens is 622 g/mol. The van der Waals surface area contributed by atoms with Crippen molar-refractivity contribution in [2.45, 2.75) is 16.7 Å². The molecule has 0 saturated heterocycles. The van der Waals surface area contributed by atoms with E-state index in [1.165, 1.54) is 6.07 Å². The Morgan fingerprint density at radius 2 is 1.63 bits per heavy atom. The van der Waals surface area contributed by atoms with Crippen molar-refractivity contribution in [1.82, 2.24) is 15.0 Å². The highest BCUT2D eigenvalue weighted by Gasteiger charge is 2.22. The zero-order valence-electron chi connectivity index (χ0n) is 21.8. The summed E-state index contributed by atoms with van der Waals surface area (Å²) in [6.45, 7) is 1.83. The minimum Gasteiger partial charge on any atom is -0.505 e. The number of anilines is 4. The number of phenols is 1. The lowest BCUT2D eigenvalue weighted by molar-refractivity contribution is -0.432. The summed E-state index contributed by atoms with van der Waals surface area (Å²) >= 11 is 6.61. The SMILES string of the molecule is Cc1ccccc1N=Nc1c(SOOO)cc2cc(S(=O)(=O)O)cc(Nc3nc(Cl)nc(Nc4ccccc4)n3)c2c1O. The van der Waals surface area contributed by atoms with Crippen LogP contribution in [0.5, 0.6) is 5.75 Å². The van der Waals surface area contributed by atoms with Gasteiger partial charge in [-0.2, -0.15) is 28.5 Å². The number of aryl methyl sites for hydroxylation is 1. The molecule has 0 spiro atoms. The van der Waals surface area contributed by atoms with Gasteiger partial charge in [0, 0.05) is 11.1 Å². The van der Waals surface area contributed by atoms with E-state index in [4.69, 9.17) is 16.9 Å². The van der Waals surface area contributed by atoms with Crippen LogP contribution >= 0.6 is 23.6 Å². The highest BCUT2D eigenvalue weighted by molar-refractivity contribution is 7.94. The molecule has 0 aliphatic heterocycles. The van der Waals surface area contributed by atoms with Crippen molar-refractivity contribution in [3.8, 4) is 5.75 Å². The summed E-state index contributed by atoms with van der Waals surface area (Å²) in [5.41, 5.74) is 1.83. The number of hydrogen-bond donors (Lipinski definition) is 5. The molecule has 1 heterocycles. The van der Waals surface area contributed by atoms with Crippen molar-refractivity contribution >= 4 is 79.2 Å². The van der Waals surface area contributed by atoms with Crippen LogP contribution in [0.3, 0.4) is 0 Å². The zero-order chi connectivity index (χ0) is 30.6. The van der Waals surface area contributed by atoms with Crippen LogP contribution in [0, 0.1) is 6.92 Å². The van der Waals surface area contributed by atoms with Gasteiger partial charge in [-0.15, -0.1) is 9.45 Å². The zero-order valence-corrected chi connectivity index (χ0v) is 24.2. The number of hydrogen-bond acceptors (Lipinski definition) is 14. The maximum absolute atomic E-state index is 12.2. The van der Waals surface area contributed by atoms with Crippen LogP contribution in [0.15, 0.2) is 92.8 Å². The smallest absolute Gasteiger partial charge is 0.294 e. The maximum atomic E-state index is 12.2. The van der Waals surface area contributed by atoms with Crippen LogP contribution in [0.2, 0.25) is 5.28 Å². The van der Waals surface area contributed by atoms with Crippen molar-refractivity contribution in [2.75, 3.05) is 10.6 Å². The van der Waals surface area contributed by atoms with Crippen LogP contribution in [0.4, 0.5) is 34.6 Å². The van der Waals surface area contributed by atoms with E-state index in [-0.39, 0.29) is 44.2 Å². The lowest BCUT2D eigenvalue weighted by Gasteiger charge is -2.15. The van der Waals surface area contributed by atoms with Crippen LogP contribution in [0.25, 0.3) is 10.8 Å². The van der Waals surface area contributed by atoms with Gasteiger partial charge in [0.15, 0.2) is 5.75 Å². The third-order valence-electron chi connectivity index (χ3n) is 5.83. The second kappa shape index (κ2) is 12.8. The molecule has 0 amide bonds. The Bertz CT molecular complexity index is 1950. The molecule has 14 nitrogen and oxygen atoms in total. The molecule has 43 heavy (non-hydrogen) atoms. The van der Waals surface area contributed by atoms with Crippen molar-refractivity contribution in [1.29, 1.82) is 0 Å². The van der Waals surface area contributed by atoms with E-state index in [1.54, 1.807) is 36.4 Å². The van der Waals surface area contributed by atoms with Gasteiger partial charge in [-0.05, 0) is 65.9 Å². The fourth-order valence-electron chi connectivity index (χ4n) is 3.93. The van der Waals surface area contributed by atoms with Crippen molar-refractivity contribution in [3.05, 3.63) is 83.6 Å². The first-order chi connectivity index (χ1) is 20.6. The van der Waals surface area contributed by atoms with Crippen LogP contribution < -0.4 is 10.6 Å². The fraction of sp³-hybridized carbons (Fsp3) is 0.0385. The van der Waals surface area contributed by atoms with E-state index in [0.29, 0.717) is 23.4 Å². The number of benzene rings is 4. The first kappa shape index (κ1) is 30.1. The third-order valence-corrected chi connectivity index (χ3v) is 7.45. The van der Waals surface area contributed by atoms with Gasteiger partial charge < -0.3 is 15.7 Å². The third kappa shape index (κ3) is 7.15. The van der Waals surface area contributed by atoms with E-state index < -0.39 is 20.8 Å². The van der Waals surface area contributed by atoms with Gasteiger partial charge in [0.2, 0.25) is 17.2 Å². The molecular formula is C26H20ClN7O7S2. The molecule has 0 aliphatic carbocycles. The average Bonchev–Trinajstić information content (AvgIpc) is 2.96. The summed E-state index contributed by atoms with van der Waals surface area (Å²) in [4.78, 5) is 11.9. The van der Waals surface area contributed by atoms with Gasteiger partial charge in [-0.3, -0.25) is 4.55 Å². The molecule has 0 fully saturated rings. The molecule has 220 valence electrons. The number of fused-ring (bicyclic) bond motifs is 1. The molecule has 1 aromatic heterocycles. The largest absolute Gasteiger partial charge is 0.505 e. The summed E-state index contributed by atoms with van der Waals surface area (Å²) in [6.07, 6.45) is 0. The number of aromatic nitrogens is 3. The van der Waals surface area contributed by atoms with Crippen molar-refractivity contribution < 1.29 is 32.7 Å². The minimum atomic E-state index is -4.73. The Morgan fingerprint density at radius 1 is 0.930 bits per heavy atom. The number of aromatic hydroxyl groups is 1. The van der Waals surface area contributed by atoms with Crippen molar-refractivity contribution in [2.24, 2.45) is 10.2 Å². The molecule has 0 unspecified atom stereocenters. The normalized spacial score (nSPS) is 11.7. The van der Waals surface area contributed by atoms with Gasteiger partial charge in [-0.1, -0.05) is 41.4 Å². The predicted molar refractivity (Wildman–Crippen MR) is 159 cm³/mol. The Kier molecular flexibility index (Phi) is 8.97. The fourth-order valence-corrected chi connectivity index (χ4v) is 5.13. The Morgan fingerprint density at radius 3 is 2.33 bits per heavy atom. The van der Waals surface area contributed by atoms with Crippen molar-refractivity contribution in [3.63, 3.8) is 0 Å². The molecule has 17 heteroatoms. The van der Waals surface area contributed by atoms with E-state index in [0.717, 1.165) is 17.7 Å². The maximum Gasteiger partial charge on any atom is 0.294 e. The summed E-state index contributed by atoms with van der Waals surface area (Å²) in [5.74, 6) is -0.517. The van der Waals surface area contributed by atoms with Gasteiger partial charge >= 0.3 is 0 Å². The van der Waals surface area contributed by atoms with E-state index in [1.807, 2.05) is 25.1 Å². The Hall–Kier alpha value is -4.42. The number of rotatable bonds is 10. The molecule has 5 rings (SSSR count). The molecule has 0 saturated carbocycles. The van der Waals surface area contributed by atoms with Crippen LogP contribution in [0.1, 0.15) is 5.56 Å². The summed E-state index contributed by atoms with van der Waals surface area (Å²) in [7, 11) is -4.73. The van der Waals surface area contributed by atoms with Gasteiger partial charge in [0.25, 0.3) is 10.1 Å².